The Kier molecular flexibility index (Phi) is 3.62. The summed E-state index contributed by atoms with van der Waals surface area (Å²) < 4.78 is 17.6. The Bertz CT molecular complexity index is 364. The molecule has 0 spiro atoms. The molecule has 5 heteroatoms. The van der Waals surface area contributed by atoms with Gasteiger partial charge in [0.05, 0.1) is 7.11 Å². The molecule has 15 heavy (non-hydrogen) atoms. The molecule has 0 heterocycles. The Balaban J connectivity index is 2.89. The third-order valence-electron chi connectivity index (χ3n) is 1.95. The molecule has 0 aliphatic rings. The molecule has 0 aliphatic carbocycles. The van der Waals surface area contributed by atoms with E-state index < -0.39 is 17.9 Å². The minimum absolute atomic E-state index is 0.112. The van der Waals surface area contributed by atoms with Crippen LogP contribution in [0.15, 0.2) is 18.2 Å². The monoisotopic (exact) mass is 214 g/mol. The standard InChI is InChI=1S/C10H11FO4/c1-15-9-5-7(11)3-2-6(9)4-8(12)10(13)14/h2-3,5,8,12H,4H2,1H3,(H,13,14). The number of carboxylic acids is 1. The normalized spacial score (nSPS) is 12.2. The summed E-state index contributed by atoms with van der Waals surface area (Å²) in [7, 11) is 1.35. The number of halogens is 1. The highest BCUT2D eigenvalue weighted by molar-refractivity contribution is 5.72. The molecular weight excluding hydrogens is 203 g/mol. The number of benzene rings is 1. The Morgan fingerprint density at radius 3 is 2.80 bits per heavy atom. The zero-order valence-corrected chi connectivity index (χ0v) is 8.11. The van der Waals surface area contributed by atoms with Gasteiger partial charge in [0, 0.05) is 12.5 Å². The van der Waals surface area contributed by atoms with E-state index in [2.05, 4.69) is 0 Å². The summed E-state index contributed by atoms with van der Waals surface area (Å²) in [5.74, 6) is -1.56. The van der Waals surface area contributed by atoms with Gasteiger partial charge in [-0.3, -0.25) is 0 Å². The van der Waals surface area contributed by atoms with E-state index in [4.69, 9.17) is 14.9 Å². The van der Waals surface area contributed by atoms with Crippen LogP contribution in [0.1, 0.15) is 5.56 Å². The fourth-order valence-corrected chi connectivity index (χ4v) is 1.18. The summed E-state index contributed by atoms with van der Waals surface area (Å²) >= 11 is 0. The number of hydrogen-bond donors (Lipinski definition) is 2. The molecule has 2 N–H and O–H groups in total. The third-order valence-corrected chi connectivity index (χ3v) is 1.95. The lowest BCUT2D eigenvalue weighted by atomic mass is 10.1. The molecule has 0 aromatic heterocycles. The van der Waals surface area contributed by atoms with Crippen molar-refractivity contribution in [2.45, 2.75) is 12.5 Å². The quantitative estimate of drug-likeness (QED) is 0.778. The van der Waals surface area contributed by atoms with Crippen LogP contribution >= 0.6 is 0 Å². The highest BCUT2D eigenvalue weighted by Crippen LogP contribution is 2.20. The van der Waals surface area contributed by atoms with Gasteiger partial charge in [0.1, 0.15) is 11.6 Å². The maximum atomic E-state index is 12.8. The van der Waals surface area contributed by atoms with Crippen molar-refractivity contribution >= 4 is 5.97 Å². The lowest BCUT2D eigenvalue weighted by molar-refractivity contribution is -0.146. The molecule has 0 fully saturated rings. The average Bonchev–Trinajstić information content (AvgIpc) is 2.20. The van der Waals surface area contributed by atoms with Crippen LogP contribution < -0.4 is 4.74 Å². The second-order valence-corrected chi connectivity index (χ2v) is 3.01. The van der Waals surface area contributed by atoms with Crippen LogP contribution in [0.5, 0.6) is 5.75 Å². The van der Waals surface area contributed by atoms with Gasteiger partial charge >= 0.3 is 5.97 Å². The van der Waals surface area contributed by atoms with Crippen molar-refractivity contribution in [3.63, 3.8) is 0 Å². The number of carboxylic acid groups (broad SMARTS) is 1. The first-order valence-electron chi connectivity index (χ1n) is 4.28. The predicted molar refractivity (Wildman–Crippen MR) is 50.3 cm³/mol. The fourth-order valence-electron chi connectivity index (χ4n) is 1.18. The van der Waals surface area contributed by atoms with E-state index in [0.29, 0.717) is 5.56 Å². The number of carbonyl (C=O) groups is 1. The van der Waals surface area contributed by atoms with Gasteiger partial charge in [-0.2, -0.15) is 0 Å². The maximum absolute atomic E-state index is 12.8. The molecule has 4 nitrogen and oxygen atoms in total. The number of hydrogen-bond acceptors (Lipinski definition) is 3. The van der Waals surface area contributed by atoms with Gasteiger partial charge in [-0.05, 0) is 11.6 Å². The van der Waals surface area contributed by atoms with Crippen molar-refractivity contribution < 1.29 is 24.1 Å². The zero-order valence-electron chi connectivity index (χ0n) is 8.11. The van der Waals surface area contributed by atoms with E-state index in [1.54, 1.807) is 0 Å². The SMILES string of the molecule is COc1cc(F)ccc1CC(O)C(=O)O. The molecule has 82 valence electrons. The van der Waals surface area contributed by atoms with Gasteiger partial charge < -0.3 is 14.9 Å². The Morgan fingerprint density at radius 1 is 1.60 bits per heavy atom. The number of aliphatic hydroxyl groups excluding tert-OH is 1. The second-order valence-electron chi connectivity index (χ2n) is 3.01. The molecule has 1 aromatic rings. The molecule has 1 aromatic carbocycles. The first kappa shape index (κ1) is 11.5. The maximum Gasteiger partial charge on any atom is 0.332 e. The highest BCUT2D eigenvalue weighted by atomic mass is 19.1. The lowest BCUT2D eigenvalue weighted by Gasteiger charge is -2.10. The van der Waals surface area contributed by atoms with Crippen LogP contribution in [0.3, 0.4) is 0 Å². The third kappa shape index (κ3) is 2.92. The van der Waals surface area contributed by atoms with Crippen molar-refractivity contribution in [2.75, 3.05) is 7.11 Å². The van der Waals surface area contributed by atoms with Gasteiger partial charge in [0.2, 0.25) is 0 Å². The number of methoxy groups -OCH3 is 1. The number of rotatable bonds is 4. The Labute approximate surface area is 85.9 Å². The van der Waals surface area contributed by atoms with Crippen molar-refractivity contribution in [1.29, 1.82) is 0 Å². The molecule has 0 saturated carbocycles. The van der Waals surface area contributed by atoms with E-state index in [0.717, 1.165) is 6.07 Å². The molecule has 0 radical (unpaired) electrons. The van der Waals surface area contributed by atoms with Crippen LogP contribution in [0.4, 0.5) is 4.39 Å². The predicted octanol–water partition coefficient (Wildman–Crippen LogP) is 0.822. The molecule has 1 atom stereocenters. The summed E-state index contributed by atoms with van der Waals surface area (Å²) in [6.07, 6.45) is -1.62. The van der Waals surface area contributed by atoms with Crippen LogP contribution in [0.2, 0.25) is 0 Å². The number of aliphatic hydroxyl groups is 1. The minimum atomic E-state index is -1.51. The van der Waals surface area contributed by atoms with Gasteiger partial charge in [-0.15, -0.1) is 0 Å². The van der Waals surface area contributed by atoms with Crippen LogP contribution in [-0.2, 0) is 11.2 Å². The summed E-state index contributed by atoms with van der Waals surface area (Å²) in [5.41, 5.74) is 0.453. The largest absolute Gasteiger partial charge is 0.496 e. The minimum Gasteiger partial charge on any atom is -0.496 e. The number of ether oxygens (including phenoxy) is 1. The van der Waals surface area contributed by atoms with Crippen molar-refractivity contribution in [3.05, 3.63) is 29.6 Å². The first-order chi connectivity index (χ1) is 7.04. The van der Waals surface area contributed by atoms with E-state index in [1.165, 1.54) is 19.2 Å². The molecule has 0 saturated heterocycles. The van der Waals surface area contributed by atoms with E-state index in [1.807, 2.05) is 0 Å². The topological polar surface area (TPSA) is 66.8 Å². The summed E-state index contributed by atoms with van der Waals surface area (Å²) in [6.45, 7) is 0. The van der Waals surface area contributed by atoms with Crippen molar-refractivity contribution in [2.24, 2.45) is 0 Å². The van der Waals surface area contributed by atoms with E-state index in [9.17, 15) is 9.18 Å². The molecule has 1 unspecified atom stereocenters. The van der Waals surface area contributed by atoms with Gasteiger partial charge in [0.15, 0.2) is 6.10 Å². The summed E-state index contributed by atoms with van der Waals surface area (Å²) in [5, 5.41) is 17.6. The first-order valence-corrected chi connectivity index (χ1v) is 4.28. The Morgan fingerprint density at radius 2 is 2.27 bits per heavy atom. The molecule has 0 aliphatic heterocycles. The van der Waals surface area contributed by atoms with Gasteiger partial charge in [-0.1, -0.05) is 6.07 Å². The molecule has 0 bridgehead atoms. The van der Waals surface area contributed by atoms with Crippen molar-refractivity contribution in [3.8, 4) is 5.75 Å². The molecule has 1 rings (SSSR count). The second kappa shape index (κ2) is 4.75. The van der Waals surface area contributed by atoms with Crippen molar-refractivity contribution in [1.82, 2.24) is 0 Å². The number of aliphatic carboxylic acids is 1. The molecule has 0 amide bonds. The Hall–Kier alpha value is -1.62. The summed E-state index contributed by atoms with van der Waals surface area (Å²) in [4.78, 5) is 10.4. The van der Waals surface area contributed by atoms with E-state index in [-0.39, 0.29) is 12.2 Å². The summed E-state index contributed by atoms with van der Waals surface area (Å²) in [6, 6.07) is 3.72. The highest BCUT2D eigenvalue weighted by Gasteiger charge is 2.16. The van der Waals surface area contributed by atoms with Crippen LogP contribution in [0, 0.1) is 5.82 Å². The van der Waals surface area contributed by atoms with Gasteiger partial charge in [-0.25, -0.2) is 9.18 Å². The molecular formula is C10H11FO4. The lowest BCUT2D eigenvalue weighted by Crippen LogP contribution is -2.22. The van der Waals surface area contributed by atoms with Gasteiger partial charge in [0.25, 0.3) is 0 Å². The fraction of sp³-hybridized carbons (Fsp3) is 0.300. The average molecular weight is 214 g/mol. The smallest absolute Gasteiger partial charge is 0.332 e. The van der Waals surface area contributed by atoms with Crippen LogP contribution in [-0.4, -0.2) is 29.4 Å². The van der Waals surface area contributed by atoms with Crippen LogP contribution in [0.25, 0.3) is 0 Å². The zero-order chi connectivity index (χ0) is 11.4. The van der Waals surface area contributed by atoms with E-state index >= 15 is 0 Å².